The summed E-state index contributed by atoms with van der Waals surface area (Å²) in [6.45, 7) is 4.18. The maximum absolute atomic E-state index is 12.3. The van der Waals surface area contributed by atoms with Gasteiger partial charge in [-0.25, -0.2) is 4.79 Å². The average Bonchev–Trinajstić information content (AvgIpc) is 3.63. The first kappa shape index (κ1) is 22.0. The van der Waals surface area contributed by atoms with Crippen molar-refractivity contribution < 1.29 is 9.53 Å². The highest BCUT2D eigenvalue weighted by atomic mass is 16.5. The monoisotopic (exact) mass is 469 g/mol. The highest BCUT2D eigenvalue weighted by Crippen LogP contribution is 2.40. The van der Waals surface area contributed by atoms with Crippen LogP contribution in [-0.4, -0.2) is 42.9 Å². The summed E-state index contributed by atoms with van der Waals surface area (Å²) >= 11 is 0. The zero-order valence-corrected chi connectivity index (χ0v) is 19.9. The van der Waals surface area contributed by atoms with Crippen molar-refractivity contribution in [3.8, 4) is 17.3 Å². The van der Waals surface area contributed by atoms with Gasteiger partial charge in [-0.3, -0.25) is 0 Å². The van der Waals surface area contributed by atoms with Gasteiger partial charge in [-0.15, -0.1) is 0 Å². The van der Waals surface area contributed by atoms with Gasteiger partial charge in [0.2, 0.25) is 0 Å². The smallest absolute Gasteiger partial charge is 0.319 e. The Morgan fingerprint density at radius 1 is 1.06 bits per heavy atom. The van der Waals surface area contributed by atoms with Crippen molar-refractivity contribution in [2.75, 3.05) is 36.5 Å². The molecule has 35 heavy (non-hydrogen) atoms. The Morgan fingerprint density at radius 3 is 2.49 bits per heavy atom. The molecule has 2 heterocycles. The molecule has 1 aliphatic heterocycles. The second kappa shape index (κ2) is 9.27. The lowest BCUT2D eigenvalue weighted by Crippen LogP contribution is -2.41. The van der Waals surface area contributed by atoms with E-state index >= 15 is 0 Å². The van der Waals surface area contributed by atoms with E-state index in [0.29, 0.717) is 12.0 Å². The van der Waals surface area contributed by atoms with Crippen molar-refractivity contribution in [2.24, 2.45) is 5.92 Å². The molecule has 1 aromatic heterocycles. The maximum atomic E-state index is 12.3. The first-order valence-electron chi connectivity index (χ1n) is 12.8. The van der Waals surface area contributed by atoms with Crippen molar-refractivity contribution >= 4 is 28.3 Å². The number of nitriles is 1. The number of ether oxygens (including phenoxy) is 1. The number of fused-ring (bicyclic) bond motifs is 1. The minimum absolute atomic E-state index is 0.154. The fraction of sp³-hybridized carbons (Fsp3) is 0.429. The van der Waals surface area contributed by atoms with Crippen LogP contribution in [0, 0.1) is 17.2 Å². The number of aromatic nitrogens is 1. The quantitative estimate of drug-likeness (QED) is 0.526. The molecule has 3 aliphatic rings. The average molecular weight is 470 g/mol. The Labute approximate surface area is 205 Å². The van der Waals surface area contributed by atoms with E-state index in [4.69, 9.17) is 4.74 Å². The molecule has 2 aliphatic carbocycles. The van der Waals surface area contributed by atoms with Crippen molar-refractivity contribution in [1.29, 1.82) is 5.26 Å². The fourth-order valence-corrected chi connectivity index (χ4v) is 5.13. The summed E-state index contributed by atoms with van der Waals surface area (Å²) in [7, 11) is 0. The lowest BCUT2D eigenvalue weighted by Gasteiger charge is -2.29. The van der Waals surface area contributed by atoms with Gasteiger partial charge in [0.05, 0.1) is 30.0 Å². The van der Waals surface area contributed by atoms with Crippen molar-refractivity contribution in [3.63, 3.8) is 0 Å². The molecule has 2 saturated carbocycles. The first-order chi connectivity index (χ1) is 17.2. The van der Waals surface area contributed by atoms with E-state index < -0.39 is 0 Å². The molecule has 2 amide bonds. The van der Waals surface area contributed by atoms with Crippen molar-refractivity contribution in [2.45, 2.75) is 44.7 Å². The Morgan fingerprint density at radius 2 is 1.83 bits per heavy atom. The molecule has 2 aromatic carbocycles. The number of benzene rings is 2. The van der Waals surface area contributed by atoms with Gasteiger partial charge in [-0.1, -0.05) is 12.1 Å². The van der Waals surface area contributed by atoms with Crippen LogP contribution in [0.5, 0.6) is 0 Å². The van der Waals surface area contributed by atoms with Crippen LogP contribution in [0.2, 0.25) is 0 Å². The minimum atomic E-state index is -0.154. The molecule has 3 aromatic rings. The van der Waals surface area contributed by atoms with E-state index in [2.05, 4.69) is 44.4 Å². The van der Waals surface area contributed by atoms with E-state index in [1.165, 1.54) is 24.9 Å². The van der Waals surface area contributed by atoms with Gasteiger partial charge in [-0.2, -0.15) is 5.26 Å². The molecule has 7 nitrogen and oxygen atoms in total. The van der Waals surface area contributed by atoms with E-state index in [9.17, 15) is 10.1 Å². The lowest BCUT2D eigenvalue weighted by atomic mass is 9.93. The zero-order valence-electron chi connectivity index (χ0n) is 19.9. The maximum Gasteiger partial charge on any atom is 0.319 e. The van der Waals surface area contributed by atoms with Crippen LogP contribution in [0.1, 0.15) is 37.7 Å². The van der Waals surface area contributed by atoms with Gasteiger partial charge in [0.15, 0.2) is 0 Å². The van der Waals surface area contributed by atoms with Crippen LogP contribution < -0.4 is 15.5 Å². The largest absolute Gasteiger partial charge is 0.378 e. The van der Waals surface area contributed by atoms with E-state index in [1.807, 2.05) is 24.3 Å². The summed E-state index contributed by atoms with van der Waals surface area (Å²) < 4.78 is 7.88. The topological polar surface area (TPSA) is 82.3 Å². The number of morpholine rings is 1. The standard InChI is InChI=1S/C28H31N5O2/c29-17-25-24-11-10-23(32-12-14-35-15-13-32)16-26(24)33(18-19-4-5-19)27(25)20-6-8-22(9-7-20)31-28(34)30-21-2-1-3-21/h6-11,16,19,21H,1-5,12-15,18H2,(H2,30,31,34). The number of amides is 2. The Bertz CT molecular complexity index is 1280. The van der Waals surface area contributed by atoms with Gasteiger partial charge < -0.3 is 24.8 Å². The third-order valence-corrected chi connectivity index (χ3v) is 7.53. The molecule has 7 heteroatoms. The van der Waals surface area contributed by atoms with Crippen LogP contribution in [0.15, 0.2) is 42.5 Å². The number of anilines is 2. The number of rotatable bonds is 6. The van der Waals surface area contributed by atoms with Crippen LogP contribution in [0.3, 0.4) is 0 Å². The lowest BCUT2D eigenvalue weighted by molar-refractivity contribution is 0.122. The Balaban J connectivity index is 1.34. The van der Waals surface area contributed by atoms with Crippen LogP contribution >= 0.6 is 0 Å². The number of urea groups is 1. The first-order valence-corrected chi connectivity index (χ1v) is 12.8. The molecular weight excluding hydrogens is 438 g/mol. The van der Waals surface area contributed by atoms with Crippen LogP contribution in [0.4, 0.5) is 16.2 Å². The van der Waals surface area contributed by atoms with E-state index in [0.717, 1.165) is 79.1 Å². The van der Waals surface area contributed by atoms with Gasteiger partial charge in [0.1, 0.15) is 6.07 Å². The number of carbonyl (C=O) groups is 1. The van der Waals surface area contributed by atoms with E-state index in [-0.39, 0.29) is 6.03 Å². The molecule has 0 spiro atoms. The second-order valence-electron chi connectivity index (χ2n) is 9.99. The Kier molecular flexibility index (Phi) is 5.83. The molecule has 2 N–H and O–H groups in total. The van der Waals surface area contributed by atoms with Crippen molar-refractivity contribution in [3.05, 3.63) is 48.0 Å². The van der Waals surface area contributed by atoms with Gasteiger partial charge in [0, 0.05) is 42.4 Å². The summed E-state index contributed by atoms with van der Waals surface area (Å²) in [6.07, 6.45) is 5.78. The molecule has 0 unspecified atom stereocenters. The molecule has 3 fully saturated rings. The molecule has 0 atom stereocenters. The van der Waals surface area contributed by atoms with Gasteiger partial charge in [0.25, 0.3) is 0 Å². The van der Waals surface area contributed by atoms with Crippen LogP contribution in [-0.2, 0) is 11.3 Å². The number of nitrogens with zero attached hydrogens (tertiary/aromatic N) is 3. The summed E-state index contributed by atoms with van der Waals surface area (Å²) in [6, 6.07) is 17.0. The van der Waals surface area contributed by atoms with E-state index in [1.54, 1.807) is 0 Å². The molecular formula is C28H31N5O2. The predicted octanol–water partition coefficient (Wildman–Crippen LogP) is 5.10. The number of nitrogens with one attached hydrogen (secondary N) is 2. The summed E-state index contributed by atoms with van der Waals surface area (Å²) in [5, 5.41) is 17.1. The van der Waals surface area contributed by atoms with Gasteiger partial charge in [-0.05, 0) is 73.9 Å². The fourth-order valence-electron chi connectivity index (χ4n) is 5.13. The number of hydrogen-bond donors (Lipinski definition) is 2. The van der Waals surface area contributed by atoms with Gasteiger partial charge >= 0.3 is 6.03 Å². The molecule has 1 saturated heterocycles. The molecule has 0 bridgehead atoms. The highest BCUT2D eigenvalue weighted by molar-refractivity contribution is 5.96. The Hall–Kier alpha value is -3.50. The number of hydrogen-bond acceptors (Lipinski definition) is 4. The summed E-state index contributed by atoms with van der Waals surface area (Å²) in [5.74, 6) is 0.666. The molecule has 0 radical (unpaired) electrons. The summed E-state index contributed by atoms with van der Waals surface area (Å²) in [5.41, 5.74) is 5.74. The molecule has 6 rings (SSSR count). The third-order valence-electron chi connectivity index (χ3n) is 7.53. The highest BCUT2D eigenvalue weighted by Gasteiger charge is 2.27. The predicted molar refractivity (Wildman–Crippen MR) is 138 cm³/mol. The summed E-state index contributed by atoms with van der Waals surface area (Å²) in [4.78, 5) is 14.6. The number of carbonyl (C=O) groups excluding carboxylic acids is 1. The second-order valence-corrected chi connectivity index (χ2v) is 9.99. The molecule has 180 valence electrons. The third kappa shape index (κ3) is 4.46. The zero-order chi connectivity index (χ0) is 23.8. The SMILES string of the molecule is N#Cc1c(-c2ccc(NC(=O)NC3CCC3)cc2)n(CC2CC2)c2cc(N3CCOCC3)ccc12. The normalized spacial score (nSPS) is 18.2. The minimum Gasteiger partial charge on any atom is -0.378 e. The van der Waals surface area contributed by atoms with Crippen molar-refractivity contribution in [1.82, 2.24) is 9.88 Å². The van der Waals surface area contributed by atoms with Crippen LogP contribution in [0.25, 0.3) is 22.2 Å².